The van der Waals surface area contributed by atoms with E-state index in [0.717, 1.165) is 56.3 Å². The van der Waals surface area contributed by atoms with E-state index >= 15 is 0 Å². The van der Waals surface area contributed by atoms with Crippen molar-refractivity contribution in [2.45, 2.75) is 30.3 Å². The summed E-state index contributed by atoms with van der Waals surface area (Å²) in [6.45, 7) is 0.0873. The monoisotopic (exact) mass is 666 g/mol. The van der Waals surface area contributed by atoms with Crippen molar-refractivity contribution in [3.05, 3.63) is 119 Å². The molecule has 2 atom stereocenters. The van der Waals surface area contributed by atoms with E-state index in [-0.39, 0.29) is 43.0 Å². The van der Waals surface area contributed by atoms with Crippen molar-refractivity contribution in [2.75, 3.05) is 24.7 Å². The van der Waals surface area contributed by atoms with Crippen LogP contribution in [-0.4, -0.2) is 71.1 Å². The smallest absolute Gasteiger partial charge is 0.407 e. The van der Waals surface area contributed by atoms with Crippen molar-refractivity contribution in [3.8, 4) is 22.3 Å². The normalized spacial score (nSPS) is 14.1. The number of carbonyl (C=O) groups excluding carboxylic acids is 2. The molecule has 0 fully saturated rings. The van der Waals surface area contributed by atoms with Crippen molar-refractivity contribution in [1.82, 2.24) is 10.6 Å². The molecule has 0 saturated carbocycles. The van der Waals surface area contributed by atoms with Crippen LogP contribution in [0.15, 0.2) is 97.1 Å². The van der Waals surface area contributed by atoms with Gasteiger partial charge in [0.05, 0.1) is 0 Å². The van der Waals surface area contributed by atoms with Gasteiger partial charge in [-0.25, -0.2) is 19.2 Å². The first-order valence-electron chi connectivity index (χ1n) is 15.6. The van der Waals surface area contributed by atoms with Crippen molar-refractivity contribution in [1.29, 1.82) is 0 Å². The van der Waals surface area contributed by atoms with Gasteiger partial charge in [0, 0.05) is 17.6 Å². The van der Waals surface area contributed by atoms with Gasteiger partial charge >= 0.3 is 24.1 Å². The average Bonchev–Trinajstić information content (AvgIpc) is 3.59. The Bertz CT molecular complexity index is 1620. The van der Waals surface area contributed by atoms with Crippen LogP contribution < -0.4 is 10.6 Å². The van der Waals surface area contributed by atoms with E-state index in [1.165, 1.54) is 0 Å². The fourth-order valence-corrected chi connectivity index (χ4v) is 7.43. The number of carbonyl (C=O) groups is 4. The van der Waals surface area contributed by atoms with Gasteiger partial charge in [0.1, 0.15) is 25.3 Å². The van der Waals surface area contributed by atoms with Crippen LogP contribution >= 0.6 is 11.8 Å². The summed E-state index contributed by atoms with van der Waals surface area (Å²) in [4.78, 5) is 49.1. The zero-order chi connectivity index (χ0) is 33.6. The van der Waals surface area contributed by atoms with Gasteiger partial charge < -0.3 is 30.3 Å². The molecule has 6 rings (SSSR count). The molecule has 4 aromatic carbocycles. The number of carboxylic acid groups (broad SMARTS) is 2. The number of benzene rings is 4. The molecule has 4 aromatic rings. The number of hydrogen-bond donors (Lipinski definition) is 4. The van der Waals surface area contributed by atoms with E-state index in [1.807, 2.05) is 97.1 Å². The van der Waals surface area contributed by atoms with Gasteiger partial charge in [-0.05, 0) is 56.7 Å². The highest BCUT2D eigenvalue weighted by atomic mass is 32.2. The summed E-state index contributed by atoms with van der Waals surface area (Å²) in [5.74, 6) is -2.65. The van der Waals surface area contributed by atoms with Crippen LogP contribution in [0.1, 0.15) is 40.5 Å². The lowest BCUT2D eigenvalue weighted by atomic mass is 9.98. The van der Waals surface area contributed by atoms with Gasteiger partial charge in [-0.3, -0.25) is 0 Å². The Labute approximate surface area is 281 Å². The fourth-order valence-electron chi connectivity index (χ4n) is 6.40. The van der Waals surface area contributed by atoms with Crippen molar-refractivity contribution in [3.63, 3.8) is 0 Å². The molecule has 48 heavy (non-hydrogen) atoms. The zero-order valence-corrected chi connectivity index (χ0v) is 26.7. The highest BCUT2D eigenvalue weighted by Gasteiger charge is 2.31. The summed E-state index contributed by atoms with van der Waals surface area (Å²) >= 11 is 1.14. The lowest BCUT2D eigenvalue weighted by Gasteiger charge is -2.18. The minimum absolute atomic E-state index is 0.0154. The SMILES string of the molecule is O=C(N[C@@H](CCSC[C@@H](NC(=O)OCC1c2ccccc2-c2ccccc21)C(=O)O)C(=O)O)OCC1c2ccccc2-c2ccccc21. The maximum atomic E-state index is 12.6. The summed E-state index contributed by atoms with van der Waals surface area (Å²) < 4.78 is 11.0. The van der Waals surface area contributed by atoms with Gasteiger partial charge in [0.15, 0.2) is 0 Å². The maximum absolute atomic E-state index is 12.6. The van der Waals surface area contributed by atoms with Crippen LogP contribution in [0.2, 0.25) is 0 Å². The fraction of sp³-hybridized carbons (Fsp3) is 0.243. The predicted octanol–water partition coefficient (Wildman–Crippen LogP) is 6.09. The molecule has 2 amide bonds. The highest BCUT2D eigenvalue weighted by molar-refractivity contribution is 7.99. The lowest BCUT2D eigenvalue weighted by molar-refractivity contribution is -0.140. The first kappa shape index (κ1) is 32.6. The molecule has 246 valence electrons. The third kappa shape index (κ3) is 7.01. The molecule has 10 nitrogen and oxygen atoms in total. The molecular weight excluding hydrogens is 632 g/mol. The van der Waals surface area contributed by atoms with Crippen LogP contribution in [0, 0.1) is 0 Å². The van der Waals surface area contributed by atoms with Gasteiger partial charge in [-0.2, -0.15) is 11.8 Å². The van der Waals surface area contributed by atoms with Crippen molar-refractivity contribution < 1.29 is 38.9 Å². The zero-order valence-electron chi connectivity index (χ0n) is 25.8. The molecule has 2 aliphatic rings. The third-order valence-corrected chi connectivity index (χ3v) is 9.80. The Hall–Kier alpha value is -5.29. The number of fused-ring (bicyclic) bond motifs is 6. The van der Waals surface area contributed by atoms with E-state index in [4.69, 9.17) is 9.47 Å². The Morgan fingerprint density at radius 1 is 0.583 bits per heavy atom. The maximum Gasteiger partial charge on any atom is 0.407 e. The summed E-state index contributed by atoms with van der Waals surface area (Å²) in [5.41, 5.74) is 8.47. The Kier molecular flexibility index (Phi) is 9.96. The van der Waals surface area contributed by atoms with Crippen LogP contribution in [0.5, 0.6) is 0 Å². The van der Waals surface area contributed by atoms with Gasteiger partial charge in [0.25, 0.3) is 0 Å². The summed E-state index contributed by atoms with van der Waals surface area (Å²) in [7, 11) is 0. The molecule has 11 heteroatoms. The average molecular weight is 667 g/mol. The minimum atomic E-state index is -1.26. The Morgan fingerprint density at radius 3 is 1.31 bits per heavy atom. The quantitative estimate of drug-likeness (QED) is 0.124. The van der Waals surface area contributed by atoms with E-state index in [2.05, 4.69) is 10.6 Å². The predicted molar refractivity (Wildman–Crippen MR) is 181 cm³/mol. The second-order valence-corrected chi connectivity index (χ2v) is 12.7. The summed E-state index contributed by atoms with van der Waals surface area (Å²) in [5, 5.41) is 24.2. The van der Waals surface area contributed by atoms with E-state index in [0.29, 0.717) is 0 Å². The number of alkyl carbamates (subject to hydrolysis) is 2. The van der Waals surface area contributed by atoms with Crippen molar-refractivity contribution >= 4 is 35.9 Å². The first-order chi connectivity index (χ1) is 23.3. The number of thioether (sulfide) groups is 1. The molecule has 0 spiro atoms. The van der Waals surface area contributed by atoms with Crippen LogP contribution in [0.3, 0.4) is 0 Å². The number of amides is 2. The molecule has 0 aliphatic heterocycles. The highest BCUT2D eigenvalue weighted by Crippen LogP contribution is 2.45. The number of ether oxygens (including phenoxy) is 2. The molecule has 0 saturated heterocycles. The largest absolute Gasteiger partial charge is 0.480 e. The van der Waals surface area contributed by atoms with Crippen LogP contribution in [0.25, 0.3) is 22.3 Å². The topological polar surface area (TPSA) is 151 Å². The Morgan fingerprint density at radius 2 is 0.938 bits per heavy atom. The molecule has 2 aliphatic carbocycles. The molecule has 0 bridgehead atoms. The first-order valence-corrected chi connectivity index (χ1v) is 16.7. The van der Waals surface area contributed by atoms with E-state index in [9.17, 15) is 29.4 Å². The lowest BCUT2D eigenvalue weighted by Crippen LogP contribution is -2.43. The number of carboxylic acids is 2. The van der Waals surface area contributed by atoms with Gasteiger partial charge in [0.2, 0.25) is 0 Å². The van der Waals surface area contributed by atoms with Gasteiger partial charge in [-0.1, -0.05) is 97.1 Å². The number of nitrogens with one attached hydrogen (secondary N) is 2. The molecular formula is C37H34N2O8S. The number of rotatable bonds is 13. The molecule has 0 aromatic heterocycles. The molecule has 0 unspecified atom stereocenters. The molecule has 0 radical (unpaired) electrons. The van der Waals surface area contributed by atoms with E-state index < -0.39 is 36.2 Å². The Balaban J connectivity index is 0.957. The standard InChI is InChI=1S/C37H34N2O8S/c40-34(41)32(38-36(44)46-19-30-26-13-5-1-9-22(26)23-10-2-6-14-27(23)30)17-18-48-21-33(35(42)43)39-37(45)47-20-31-28-15-7-3-11-24(28)25-12-4-8-16-29(25)31/h1-16,30-33H,17-21H2,(H,38,44)(H,39,45)(H,40,41)(H,42,43)/t32-,33+/m0/s1. The minimum Gasteiger partial charge on any atom is -0.480 e. The summed E-state index contributed by atoms with van der Waals surface area (Å²) in [6.07, 6.45) is -1.69. The summed E-state index contributed by atoms with van der Waals surface area (Å²) in [6, 6.07) is 29.1. The molecule has 0 heterocycles. The number of hydrogen-bond acceptors (Lipinski definition) is 7. The third-order valence-electron chi connectivity index (χ3n) is 8.70. The van der Waals surface area contributed by atoms with Crippen molar-refractivity contribution in [2.24, 2.45) is 0 Å². The second-order valence-electron chi connectivity index (χ2n) is 11.6. The van der Waals surface area contributed by atoms with Gasteiger partial charge in [-0.15, -0.1) is 0 Å². The molecule has 4 N–H and O–H groups in total. The van der Waals surface area contributed by atoms with Crippen LogP contribution in [0.4, 0.5) is 9.59 Å². The second kappa shape index (κ2) is 14.6. The van der Waals surface area contributed by atoms with Crippen LogP contribution in [-0.2, 0) is 19.1 Å². The number of aliphatic carboxylic acids is 2. The van der Waals surface area contributed by atoms with E-state index in [1.54, 1.807) is 0 Å².